The van der Waals surface area contributed by atoms with Crippen LogP contribution in [0.25, 0.3) is 11.1 Å². The molecule has 174 valence electrons. The molecule has 0 saturated carbocycles. The molecule has 10 nitrogen and oxygen atoms in total. The molecule has 0 bridgehead atoms. The Kier molecular flexibility index (Phi) is 6.30. The van der Waals surface area contributed by atoms with E-state index in [1.54, 1.807) is 19.2 Å². The summed E-state index contributed by atoms with van der Waals surface area (Å²) in [5.41, 5.74) is 1.08. The van der Waals surface area contributed by atoms with E-state index in [1.807, 2.05) is 58.3 Å². The maximum absolute atomic E-state index is 12.6. The zero-order chi connectivity index (χ0) is 24.2. The Labute approximate surface area is 193 Å². The van der Waals surface area contributed by atoms with Crippen molar-refractivity contribution in [2.24, 2.45) is 0 Å². The lowest BCUT2D eigenvalue weighted by atomic mass is 10.0. The highest BCUT2D eigenvalue weighted by molar-refractivity contribution is 5.94. The Morgan fingerprint density at radius 1 is 1.15 bits per heavy atom. The number of aromatic hydroxyl groups is 1. The summed E-state index contributed by atoms with van der Waals surface area (Å²) in [6, 6.07) is 14.9. The van der Waals surface area contributed by atoms with E-state index in [1.165, 1.54) is 7.11 Å². The molecule has 4 rings (SSSR count). The minimum absolute atomic E-state index is 0.516. The number of nitrogens with one attached hydrogen (secondary N) is 3. The van der Waals surface area contributed by atoms with E-state index in [9.17, 15) is 19.5 Å². The Balaban J connectivity index is 1.59. The van der Waals surface area contributed by atoms with Gasteiger partial charge in [-0.15, -0.1) is 0 Å². The Hall–Kier alpha value is -4.60. The molecule has 0 fully saturated rings. The number of methoxy groups -OCH3 is 1. The zero-order valence-electron chi connectivity index (χ0n) is 18.5. The first-order chi connectivity index (χ1) is 16.4. The van der Waals surface area contributed by atoms with Crippen LogP contribution in [0.15, 0.2) is 70.5 Å². The molecule has 0 aliphatic rings. The number of hydrogen-bond acceptors (Lipinski definition) is 6. The van der Waals surface area contributed by atoms with E-state index in [0.717, 1.165) is 16.7 Å². The SMILES string of the molecule is COc1ccc(-c2cnn(Cc3ccccc3)c2)cc1[C@@H](C)NC(=O)c1[nH]c(=O)[nH]c(=O)c1O. The monoisotopic (exact) mass is 461 g/mol. The molecule has 10 heteroatoms. The summed E-state index contributed by atoms with van der Waals surface area (Å²) < 4.78 is 7.30. The van der Waals surface area contributed by atoms with Crippen LogP contribution >= 0.6 is 0 Å². The van der Waals surface area contributed by atoms with Crippen molar-refractivity contribution in [2.45, 2.75) is 19.5 Å². The molecule has 2 aromatic carbocycles. The molecule has 0 radical (unpaired) electrons. The van der Waals surface area contributed by atoms with Gasteiger partial charge in [-0.05, 0) is 30.2 Å². The van der Waals surface area contributed by atoms with Gasteiger partial charge in [0.25, 0.3) is 11.5 Å². The first-order valence-electron chi connectivity index (χ1n) is 10.5. The van der Waals surface area contributed by atoms with Crippen LogP contribution in [0, 0.1) is 0 Å². The number of amides is 1. The number of carbonyl (C=O) groups is 1. The fraction of sp³-hybridized carbons (Fsp3) is 0.167. The van der Waals surface area contributed by atoms with E-state index in [-0.39, 0.29) is 0 Å². The van der Waals surface area contributed by atoms with Crippen molar-refractivity contribution in [3.63, 3.8) is 0 Å². The van der Waals surface area contributed by atoms with Crippen LogP contribution in [0.2, 0.25) is 0 Å². The molecule has 4 N–H and O–H groups in total. The molecule has 0 unspecified atom stereocenters. The van der Waals surface area contributed by atoms with Crippen molar-refractivity contribution in [3.8, 4) is 22.6 Å². The Bertz CT molecular complexity index is 1440. The highest BCUT2D eigenvalue weighted by Crippen LogP contribution is 2.31. The predicted octanol–water partition coefficient (Wildman–Crippen LogP) is 2.18. The first-order valence-corrected chi connectivity index (χ1v) is 10.5. The van der Waals surface area contributed by atoms with Crippen molar-refractivity contribution in [3.05, 3.63) is 98.6 Å². The number of hydrogen-bond donors (Lipinski definition) is 4. The number of aromatic nitrogens is 4. The number of rotatable bonds is 7. The first kappa shape index (κ1) is 22.6. The minimum atomic E-state index is -1.05. The average Bonchev–Trinajstić information content (AvgIpc) is 3.29. The van der Waals surface area contributed by atoms with Crippen molar-refractivity contribution in [2.75, 3.05) is 7.11 Å². The van der Waals surface area contributed by atoms with Gasteiger partial charge in [0.05, 0.1) is 25.9 Å². The van der Waals surface area contributed by atoms with Gasteiger partial charge in [-0.1, -0.05) is 36.4 Å². The third kappa shape index (κ3) is 4.75. The van der Waals surface area contributed by atoms with Crippen LogP contribution in [-0.4, -0.2) is 37.9 Å². The van der Waals surface area contributed by atoms with E-state index < -0.39 is 34.6 Å². The van der Waals surface area contributed by atoms with Crippen LogP contribution in [0.4, 0.5) is 0 Å². The second-order valence-corrected chi connectivity index (χ2v) is 7.70. The number of nitrogens with zero attached hydrogens (tertiary/aromatic N) is 2. The molecule has 2 aromatic heterocycles. The van der Waals surface area contributed by atoms with Gasteiger partial charge in [0.15, 0.2) is 5.69 Å². The van der Waals surface area contributed by atoms with Gasteiger partial charge in [-0.2, -0.15) is 5.10 Å². The molecule has 0 aliphatic heterocycles. The maximum atomic E-state index is 12.6. The summed E-state index contributed by atoms with van der Waals surface area (Å²) in [5.74, 6) is -1.14. The Morgan fingerprint density at radius 3 is 2.65 bits per heavy atom. The minimum Gasteiger partial charge on any atom is -0.501 e. The highest BCUT2D eigenvalue weighted by atomic mass is 16.5. The molecule has 0 aliphatic carbocycles. The predicted molar refractivity (Wildman–Crippen MR) is 125 cm³/mol. The van der Waals surface area contributed by atoms with Crippen LogP contribution in [-0.2, 0) is 6.54 Å². The summed E-state index contributed by atoms with van der Waals surface area (Å²) >= 11 is 0. The number of H-pyrrole nitrogens is 2. The summed E-state index contributed by atoms with van der Waals surface area (Å²) in [5, 5.41) is 17.0. The normalized spacial score (nSPS) is 11.7. The van der Waals surface area contributed by atoms with Gasteiger partial charge >= 0.3 is 5.69 Å². The van der Waals surface area contributed by atoms with Crippen molar-refractivity contribution in [1.29, 1.82) is 0 Å². The number of benzene rings is 2. The topological polar surface area (TPSA) is 142 Å². The van der Waals surface area contributed by atoms with Crippen molar-refractivity contribution in [1.82, 2.24) is 25.1 Å². The van der Waals surface area contributed by atoms with E-state index >= 15 is 0 Å². The largest absolute Gasteiger partial charge is 0.501 e. The third-order valence-corrected chi connectivity index (χ3v) is 5.34. The van der Waals surface area contributed by atoms with Crippen molar-refractivity contribution >= 4 is 5.91 Å². The van der Waals surface area contributed by atoms with Crippen LogP contribution in [0.1, 0.15) is 34.6 Å². The van der Waals surface area contributed by atoms with E-state index in [0.29, 0.717) is 17.9 Å². The fourth-order valence-electron chi connectivity index (χ4n) is 3.61. The summed E-state index contributed by atoms with van der Waals surface area (Å²) in [6.07, 6.45) is 3.69. The molecule has 1 atom stereocenters. The lowest BCUT2D eigenvalue weighted by Crippen LogP contribution is -2.33. The number of aromatic amines is 2. The van der Waals surface area contributed by atoms with E-state index in [2.05, 4.69) is 15.4 Å². The molecule has 0 saturated heterocycles. The molecule has 0 spiro atoms. The van der Waals surface area contributed by atoms with Gasteiger partial charge in [-0.25, -0.2) is 4.79 Å². The molecule has 4 aromatic rings. The molecule has 1 amide bonds. The quantitative estimate of drug-likeness (QED) is 0.332. The van der Waals surface area contributed by atoms with Crippen molar-refractivity contribution < 1.29 is 14.6 Å². The van der Waals surface area contributed by atoms with Crippen LogP contribution < -0.4 is 21.3 Å². The lowest BCUT2D eigenvalue weighted by Gasteiger charge is -2.18. The van der Waals surface area contributed by atoms with Gasteiger partial charge in [0, 0.05) is 17.3 Å². The number of ether oxygens (including phenoxy) is 1. The van der Waals surface area contributed by atoms with Crippen LogP contribution in [0.3, 0.4) is 0 Å². The third-order valence-electron chi connectivity index (χ3n) is 5.34. The maximum Gasteiger partial charge on any atom is 0.326 e. The highest BCUT2D eigenvalue weighted by Gasteiger charge is 2.21. The average molecular weight is 461 g/mol. The van der Waals surface area contributed by atoms with Crippen LogP contribution in [0.5, 0.6) is 11.5 Å². The molecular formula is C24H23N5O5. The lowest BCUT2D eigenvalue weighted by molar-refractivity contribution is 0.0930. The summed E-state index contributed by atoms with van der Waals surface area (Å²) in [4.78, 5) is 39.8. The van der Waals surface area contributed by atoms with Gasteiger partial charge < -0.3 is 15.2 Å². The van der Waals surface area contributed by atoms with Gasteiger partial charge in [0.1, 0.15) is 5.75 Å². The zero-order valence-corrected chi connectivity index (χ0v) is 18.5. The molecular weight excluding hydrogens is 438 g/mol. The standard InChI is InChI=1S/C24H23N5O5/c1-14(26-22(31)20-21(30)23(32)28-24(33)27-20)18-10-16(8-9-19(18)34-2)17-11-25-29(13-17)12-15-6-4-3-5-7-15/h3-11,13-14,30H,12H2,1-2H3,(H,26,31)(H2,27,28,32,33)/t14-/m1/s1. The van der Waals surface area contributed by atoms with Gasteiger partial charge in [-0.3, -0.25) is 24.2 Å². The second-order valence-electron chi connectivity index (χ2n) is 7.70. The second kappa shape index (κ2) is 9.49. The smallest absolute Gasteiger partial charge is 0.326 e. The summed E-state index contributed by atoms with van der Waals surface area (Å²) in [6.45, 7) is 2.36. The number of carbonyl (C=O) groups excluding carboxylic acids is 1. The molecule has 2 heterocycles. The van der Waals surface area contributed by atoms with E-state index in [4.69, 9.17) is 4.74 Å². The van der Waals surface area contributed by atoms with Gasteiger partial charge in [0.2, 0.25) is 5.75 Å². The fourth-order valence-corrected chi connectivity index (χ4v) is 3.61. The Morgan fingerprint density at radius 2 is 1.91 bits per heavy atom. The summed E-state index contributed by atoms with van der Waals surface area (Å²) in [7, 11) is 1.52. The molecule has 34 heavy (non-hydrogen) atoms.